The van der Waals surface area contributed by atoms with Crippen LogP contribution in [-0.4, -0.2) is 96.7 Å². The highest BCUT2D eigenvalue weighted by molar-refractivity contribution is 7.47. The van der Waals surface area contributed by atoms with Gasteiger partial charge in [0.1, 0.15) is 19.3 Å². The zero-order valence-electron chi connectivity index (χ0n) is 61.3. The lowest BCUT2D eigenvalue weighted by atomic mass is 9.99. The van der Waals surface area contributed by atoms with Crippen LogP contribution in [-0.2, 0) is 65.4 Å². The number of rotatable bonds is 74. The van der Waals surface area contributed by atoms with Crippen LogP contribution in [0.5, 0.6) is 0 Å². The quantitative estimate of drug-likeness (QED) is 0.0222. The zero-order chi connectivity index (χ0) is 69.3. The number of phosphoric acid groups is 2. The first-order chi connectivity index (χ1) is 45.4. The lowest BCUT2D eigenvalue weighted by Crippen LogP contribution is -2.30. The lowest BCUT2D eigenvalue weighted by Gasteiger charge is -2.21. The highest BCUT2D eigenvalue weighted by Gasteiger charge is 2.30. The molecule has 0 fully saturated rings. The first-order valence-electron chi connectivity index (χ1n) is 39.0. The smallest absolute Gasteiger partial charge is 0.462 e. The Morgan fingerprint density at radius 3 is 0.809 bits per heavy atom. The Hall–Kier alpha value is -1.94. The molecule has 19 heteroatoms. The van der Waals surface area contributed by atoms with Crippen LogP contribution >= 0.6 is 15.6 Å². The number of aliphatic hydroxyl groups excluding tert-OH is 1. The summed E-state index contributed by atoms with van der Waals surface area (Å²) >= 11 is 0. The molecule has 0 saturated carbocycles. The molecule has 0 heterocycles. The molecule has 0 aromatic rings. The van der Waals surface area contributed by atoms with Crippen molar-refractivity contribution in [2.45, 2.75) is 407 Å². The van der Waals surface area contributed by atoms with Crippen molar-refractivity contribution in [3.8, 4) is 0 Å². The molecule has 3 unspecified atom stereocenters. The molecule has 558 valence electrons. The summed E-state index contributed by atoms with van der Waals surface area (Å²) in [5, 5.41) is 10.6. The van der Waals surface area contributed by atoms with Crippen LogP contribution in [0.3, 0.4) is 0 Å². The maximum absolute atomic E-state index is 13.1. The Morgan fingerprint density at radius 2 is 0.543 bits per heavy atom. The third kappa shape index (κ3) is 67.3. The van der Waals surface area contributed by atoms with E-state index in [9.17, 15) is 43.2 Å². The summed E-state index contributed by atoms with van der Waals surface area (Å²) in [7, 11) is -9.90. The van der Waals surface area contributed by atoms with Crippen molar-refractivity contribution in [1.82, 2.24) is 0 Å². The maximum Gasteiger partial charge on any atom is 0.472 e. The highest BCUT2D eigenvalue weighted by Crippen LogP contribution is 2.45. The van der Waals surface area contributed by atoms with E-state index in [4.69, 9.17) is 37.0 Å². The van der Waals surface area contributed by atoms with Gasteiger partial charge in [-0.15, -0.1) is 0 Å². The Morgan fingerprint density at radius 1 is 0.309 bits per heavy atom. The molecule has 0 saturated heterocycles. The number of hydrogen-bond acceptors (Lipinski definition) is 15. The number of carbonyl (C=O) groups is 4. The van der Waals surface area contributed by atoms with Gasteiger partial charge in [-0.25, -0.2) is 9.13 Å². The zero-order valence-corrected chi connectivity index (χ0v) is 63.1. The summed E-state index contributed by atoms with van der Waals surface area (Å²) in [6, 6.07) is 0. The molecule has 0 aliphatic rings. The fourth-order valence-corrected chi connectivity index (χ4v) is 13.0. The average Bonchev–Trinajstić information content (AvgIpc) is 1.41. The van der Waals surface area contributed by atoms with Gasteiger partial charge in [-0.05, 0) is 37.5 Å². The minimum Gasteiger partial charge on any atom is -0.462 e. The van der Waals surface area contributed by atoms with Crippen molar-refractivity contribution in [3.63, 3.8) is 0 Å². The molecule has 0 aromatic heterocycles. The monoisotopic (exact) mass is 1380 g/mol. The molecule has 6 atom stereocenters. The van der Waals surface area contributed by atoms with Crippen molar-refractivity contribution in [2.24, 2.45) is 11.8 Å². The largest absolute Gasteiger partial charge is 0.472 e. The third-order valence-electron chi connectivity index (χ3n) is 17.8. The number of ether oxygens (including phenoxy) is 4. The van der Waals surface area contributed by atoms with E-state index in [1.165, 1.54) is 205 Å². The Balaban J connectivity index is 5.16. The predicted octanol–water partition coefficient (Wildman–Crippen LogP) is 21.9. The van der Waals surface area contributed by atoms with Gasteiger partial charge in [0, 0.05) is 25.7 Å². The standard InChI is InChI=1S/C75H146O17P2/c1-7-10-12-14-16-18-20-30-34-40-46-52-58-73(78)86-63-70(91-74(79)59-53-47-41-35-31-28-26-24-22-21-23-25-27-29-32-38-44-50-56-68(6)9-3)65-89-93(81,82)87-61-69(76)62-88-94(83,84)90-66-71(92-75(80)60-54-48-42-36-37-43-49-55-67(4)5)64-85-72(77)57-51-45-39-33-19-17-15-13-11-8-2/h67-71,76H,7-66H2,1-6H3,(H,81,82)(H,83,84)/t68?,69-,70-,71-/m1/s1. The summed E-state index contributed by atoms with van der Waals surface area (Å²) in [6.45, 7) is 9.58. The molecule has 0 aliphatic heterocycles. The number of aliphatic hydroxyl groups is 1. The summed E-state index contributed by atoms with van der Waals surface area (Å²) in [5.74, 6) is -0.553. The third-order valence-corrected chi connectivity index (χ3v) is 19.7. The Kier molecular flexibility index (Phi) is 65.5. The summed E-state index contributed by atoms with van der Waals surface area (Å²) < 4.78 is 68.4. The van der Waals surface area contributed by atoms with Gasteiger partial charge in [-0.3, -0.25) is 37.3 Å². The van der Waals surface area contributed by atoms with Crippen LogP contribution in [0.15, 0.2) is 0 Å². The number of phosphoric ester groups is 2. The van der Waals surface area contributed by atoms with Crippen LogP contribution in [0.1, 0.15) is 388 Å². The van der Waals surface area contributed by atoms with Crippen molar-refractivity contribution < 1.29 is 80.2 Å². The second-order valence-corrected chi connectivity index (χ2v) is 30.7. The average molecular weight is 1380 g/mol. The summed E-state index contributed by atoms with van der Waals surface area (Å²) in [6.07, 6.45) is 54.2. The first kappa shape index (κ1) is 92.1. The molecule has 0 amide bonds. The minimum atomic E-state index is -4.95. The van der Waals surface area contributed by atoms with Crippen molar-refractivity contribution in [1.29, 1.82) is 0 Å². The van der Waals surface area contributed by atoms with Gasteiger partial charge in [-0.1, -0.05) is 337 Å². The molecule has 0 radical (unpaired) electrons. The molecule has 3 N–H and O–H groups in total. The molecular formula is C75H146O17P2. The molecule has 17 nitrogen and oxygen atoms in total. The van der Waals surface area contributed by atoms with Gasteiger partial charge in [0.05, 0.1) is 26.4 Å². The van der Waals surface area contributed by atoms with Gasteiger partial charge in [0.15, 0.2) is 12.2 Å². The van der Waals surface area contributed by atoms with Gasteiger partial charge in [0.2, 0.25) is 0 Å². The second kappa shape index (κ2) is 66.9. The van der Waals surface area contributed by atoms with Crippen LogP contribution in [0, 0.1) is 11.8 Å². The van der Waals surface area contributed by atoms with Crippen LogP contribution in [0.4, 0.5) is 0 Å². The fourth-order valence-electron chi connectivity index (χ4n) is 11.4. The van der Waals surface area contributed by atoms with Crippen molar-refractivity contribution >= 4 is 39.5 Å². The Bertz CT molecular complexity index is 1820. The van der Waals surface area contributed by atoms with Crippen molar-refractivity contribution in [3.05, 3.63) is 0 Å². The molecular weight excluding hydrogens is 1230 g/mol. The van der Waals surface area contributed by atoms with E-state index in [0.29, 0.717) is 31.6 Å². The van der Waals surface area contributed by atoms with Gasteiger partial charge < -0.3 is 33.8 Å². The minimum absolute atomic E-state index is 0.104. The highest BCUT2D eigenvalue weighted by atomic mass is 31.2. The molecule has 0 spiro atoms. The summed E-state index contributed by atoms with van der Waals surface area (Å²) in [5.41, 5.74) is 0. The van der Waals surface area contributed by atoms with E-state index in [2.05, 4.69) is 41.5 Å². The Labute approximate surface area is 575 Å². The van der Waals surface area contributed by atoms with Gasteiger partial charge >= 0.3 is 39.5 Å². The van der Waals surface area contributed by atoms with Gasteiger partial charge in [-0.2, -0.15) is 0 Å². The molecule has 0 aromatic carbocycles. The maximum atomic E-state index is 13.1. The van der Waals surface area contributed by atoms with E-state index in [1.54, 1.807) is 0 Å². The van der Waals surface area contributed by atoms with E-state index in [0.717, 1.165) is 95.8 Å². The van der Waals surface area contributed by atoms with E-state index >= 15 is 0 Å². The fraction of sp³-hybridized carbons (Fsp3) is 0.947. The van der Waals surface area contributed by atoms with Crippen LogP contribution < -0.4 is 0 Å². The number of hydrogen-bond donors (Lipinski definition) is 3. The van der Waals surface area contributed by atoms with E-state index < -0.39 is 97.5 Å². The first-order valence-corrected chi connectivity index (χ1v) is 42.0. The van der Waals surface area contributed by atoms with Crippen LogP contribution in [0.25, 0.3) is 0 Å². The van der Waals surface area contributed by atoms with E-state index in [-0.39, 0.29) is 25.7 Å². The van der Waals surface area contributed by atoms with Gasteiger partial charge in [0.25, 0.3) is 0 Å². The van der Waals surface area contributed by atoms with Crippen LogP contribution in [0.2, 0.25) is 0 Å². The topological polar surface area (TPSA) is 237 Å². The predicted molar refractivity (Wildman–Crippen MR) is 381 cm³/mol. The number of esters is 4. The lowest BCUT2D eigenvalue weighted by molar-refractivity contribution is -0.161. The summed E-state index contributed by atoms with van der Waals surface area (Å²) in [4.78, 5) is 72.6. The molecule has 94 heavy (non-hydrogen) atoms. The van der Waals surface area contributed by atoms with E-state index in [1.807, 2.05) is 0 Å². The van der Waals surface area contributed by atoms with Crippen molar-refractivity contribution in [2.75, 3.05) is 39.6 Å². The number of unbranched alkanes of at least 4 members (excludes halogenated alkanes) is 43. The molecule has 0 bridgehead atoms. The molecule has 0 aliphatic carbocycles. The normalized spacial score (nSPS) is 14.3. The second-order valence-electron chi connectivity index (χ2n) is 27.8. The number of carbonyl (C=O) groups excluding carboxylic acids is 4. The SMILES string of the molecule is CCCCCCCCCCCCCCC(=O)OC[C@H](COP(=O)(O)OC[C@@H](O)COP(=O)(O)OC[C@@H](COC(=O)CCCCCCCCCCCC)OC(=O)CCCCCCCCCC(C)C)OC(=O)CCCCCCCCCCCCCCCCCCCCC(C)CC. The molecule has 0 rings (SSSR count).